The first-order chi connectivity index (χ1) is 8.87. The number of ether oxygens (including phenoxy) is 1. The van der Waals surface area contributed by atoms with E-state index in [1.165, 1.54) is 12.1 Å². The lowest BCUT2D eigenvalue weighted by atomic mass is 10.2. The maximum Gasteiger partial charge on any atom is 0.209 e. The minimum atomic E-state index is -3.35. The molecule has 0 aliphatic heterocycles. The highest BCUT2D eigenvalue weighted by atomic mass is 79.9. The third-order valence-corrected chi connectivity index (χ3v) is 3.74. The van der Waals surface area contributed by atoms with E-state index in [1.807, 2.05) is 0 Å². The van der Waals surface area contributed by atoms with Crippen molar-refractivity contribution in [2.45, 2.75) is 25.7 Å². The van der Waals surface area contributed by atoms with E-state index in [9.17, 15) is 12.8 Å². The second-order valence-electron chi connectivity index (χ2n) is 4.23. The average Bonchev–Trinajstić information content (AvgIpc) is 2.25. The standard InChI is InChI=1S/C12H17BrFNO3S/c13-10-7-11(14)9-12(8-10)18-5-3-1-2-4-6-19(15,16)17/h7-9H,1-6H2,(H2,15,16,17). The van der Waals surface area contributed by atoms with Crippen molar-refractivity contribution < 1.29 is 17.5 Å². The van der Waals surface area contributed by atoms with Crippen LogP contribution in [0.25, 0.3) is 0 Å². The molecule has 4 nitrogen and oxygen atoms in total. The van der Waals surface area contributed by atoms with E-state index < -0.39 is 10.0 Å². The molecule has 108 valence electrons. The van der Waals surface area contributed by atoms with E-state index in [0.717, 1.165) is 19.3 Å². The van der Waals surface area contributed by atoms with Crippen LogP contribution in [0.3, 0.4) is 0 Å². The Bertz CT molecular complexity index is 487. The van der Waals surface area contributed by atoms with E-state index in [4.69, 9.17) is 9.88 Å². The summed E-state index contributed by atoms with van der Waals surface area (Å²) >= 11 is 3.19. The number of nitrogens with two attached hydrogens (primary N) is 1. The molecular weight excluding hydrogens is 337 g/mol. The molecule has 19 heavy (non-hydrogen) atoms. The second kappa shape index (κ2) is 7.81. The maximum atomic E-state index is 13.0. The predicted octanol–water partition coefficient (Wildman–Crippen LogP) is 2.82. The molecule has 0 unspecified atom stereocenters. The molecular formula is C12H17BrFNO3S. The van der Waals surface area contributed by atoms with E-state index in [-0.39, 0.29) is 11.6 Å². The SMILES string of the molecule is NS(=O)(=O)CCCCCCOc1cc(F)cc(Br)c1. The second-order valence-corrected chi connectivity index (χ2v) is 6.88. The van der Waals surface area contributed by atoms with Crippen LogP contribution in [0.2, 0.25) is 0 Å². The molecule has 0 aromatic heterocycles. The summed E-state index contributed by atoms with van der Waals surface area (Å²) in [5.41, 5.74) is 0. The van der Waals surface area contributed by atoms with Gasteiger partial charge < -0.3 is 4.74 Å². The van der Waals surface area contributed by atoms with Gasteiger partial charge in [-0.3, -0.25) is 0 Å². The molecule has 7 heteroatoms. The van der Waals surface area contributed by atoms with Gasteiger partial charge in [-0.1, -0.05) is 28.8 Å². The van der Waals surface area contributed by atoms with Crippen molar-refractivity contribution in [1.82, 2.24) is 0 Å². The summed E-state index contributed by atoms with van der Waals surface area (Å²) in [5.74, 6) is 0.152. The first-order valence-corrected chi connectivity index (χ1v) is 8.47. The van der Waals surface area contributed by atoms with Gasteiger partial charge in [0, 0.05) is 10.5 Å². The van der Waals surface area contributed by atoms with E-state index in [0.29, 0.717) is 23.2 Å². The Morgan fingerprint density at radius 3 is 2.47 bits per heavy atom. The molecule has 0 saturated carbocycles. The summed E-state index contributed by atoms with van der Waals surface area (Å²) in [4.78, 5) is 0. The van der Waals surface area contributed by atoms with Crippen molar-refractivity contribution in [3.63, 3.8) is 0 Å². The predicted molar refractivity (Wildman–Crippen MR) is 76.0 cm³/mol. The summed E-state index contributed by atoms with van der Waals surface area (Å²) in [5, 5.41) is 4.89. The Balaban J connectivity index is 2.14. The fourth-order valence-electron chi connectivity index (χ4n) is 1.56. The fraction of sp³-hybridized carbons (Fsp3) is 0.500. The first kappa shape index (κ1) is 16.4. The smallest absolute Gasteiger partial charge is 0.209 e. The Kier molecular flexibility index (Phi) is 6.74. The summed E-state index contributed by atoms with van der Waals surface area (Å²) in [6.45, 7) is 0.477. The van der Waals surface area contributed by atoms with Gasteiger partial charge in [-0.2, -0.15) is 0 Å². The van der Waals surface area contributed by atoms with Crippen molar-refractivity contribution in [3.05, 3.63) is 28.5 Å². The molecule has 0 heterocycles. The van der Waals surface area contributed by atoms with Gasteiger partial charge in [0.2, 0.25) is 10.0 Å². The van der Waals surface area contributed by atoms with Gasteiger partial charge >= 0.3 is 0 Å². The normalized spacial score (nSPS) is 11.5. The van der Waals surface area contributed by atoms with Gasteiger partial charge in [-0.25, -0.2) is 17.9 Å². The average molecular weight is 354 g/mol. The number of sulfonamides is 1. The van der Waals surface area contributed by atoms with E-state index >= 15 is 0 Å². The summed E-state index contributed by atoms with van der Waals surface area (Å²) in [6, 6.07) is 4.38. The first-order valence-electron chi connectivity index (χ1n) is 5.96. The number of benzene rings is 1. The lowest BCUT2D eigenvalue weighted by molar-refractivity contribution is 0.303. The number of hydrogen-bond acceptors (Lipinski definition) is 3. The van der Waals surface area contributed by atoms with Crippen molar-refractivity contribution in [2.75, 3.05) is 12.4 Å². The molecule has 0 fully saturated rings. The quantitative estimate of drug-likeness (QED) is 0.730. The number of unbranched alkanes of at least 4 members (excludes halogenated alkanes) is 3. The highest BCUT2D eigenvalue weighted by Crippen LogP contribution is 2.20. The molecule has 0 aliphatic carbocycles. The van der Waals surface area contributed by atoms with Crippen LogP contribution in [0.4, 0.5) is 4.39 Å². The molecule has 2 N–H and O–H groups in total. The molecule has 0 spiro atoms. The molecule has 1 aromatic rings. The van der Waals surface area contributed by atoms with Crippen LogP contribution in [0.1, 0.15) is 25.7 Å². The van der Waals surface area contributed by atoms with Crippen molar-refractivity contribution in [3.8, 4) is 5.75 Å². The number of halogens is 2. The van der Waals surface area contributed by atoms with Crippen molar-refractivity contribution >= 4 is 26.0 Å². The minimum Gasteiger partial charge on any atom is -0.493 e. The van der Waals surface area contributed by atoms with Gasteiger partial charge in [-0.05, 0) is 25.0 Å². The molecule has 0 saturated heterocycles. The molecule has 0 atom stereocenters. The van der Waals surface area contributed by atoms with Gasteiger partial charge in [0.05, 0.1) is 12.4 Å². The fourth-order valence-corrected chi connectivity index (χ4v) is 2.61. The molecule has 0 radical (unpaired) electrons. The number of primary sulfonamides is 1. The third-order valence-electron chi connectivity index (χ3n) is 2.43. The van der Waals surface area contributed by atoms with Crippen LogP contribution < -0.4 is 9.88 Å². The van der Waals surface area contributed by atoms with Gasteiger partial charge in [0.15, 0.2) is 0 Å². The highest BCUT2D eigenvalue weighted by Gasteiger charge is 2.02. The molecule has 0 bridgehead atoms. The van der Waals surface area contributed by atoms with Crippen LogP contribution in [-0.2, 0) is 10.0 Å². The summed E-state index contributed by atoms with van der Waals surface area (Å²) < 4.78 is 40.4. The van der Waals surface area contributed by atoms with Crippen LogP contribution in [0.5, 0.6) is 5.75 Å². The monoisotopic (exact) mass is 353 g/mol. The van der Waals surface area contributed by atoms with Crippen LogP contribution in [-0.4, -0.2) is 20.8 Å². The lowest BCUT2D eigenvalue weighted by Crippen LogP contribution is -2.16. The van der Waals surface area contributed by atoms with Crippen LogP contribution >= 0.6 is 15.9 Å². The Hall–Kier alpha value is -0.660. The Morgan fingerprint density at radius 2 is 1.84 bits per heavy atom. The topological polar surface area (TPSA) is 69.4 Å². The summed E-state index contributed by atoms with van der Waals surface area (Å²) in [7, 11) is -3.35. The molecule has 0 aliphatic rings. The van der Waals surface area contributed by atoms with Gasteiger partial charge in [0.1, 0.15) is 11.6 Å². The number of rotatable bonds is 8. The molecule has 1 aromatic carbocycles. The maximum absolute atomic E-state index is 13.0. The highest BCUT2D eigenvalue weighted by molar-refractivity contribution is 9.10. The number of hydrogen-bond donors (Lipinski definition) is 1. The van der Waals surface area contributed by atoms with Crippen LogP contribution in [0.15, 0.2) is 22.7 Å². The van der Waals surface area contributed by atoms with Gasteiger partial charge in [-0.15, -0.1) is 0 Å². The Morgan fingerprint density at radius 1 is 1.16 bits per heavy atom. The van der Waals surface area contributed by atoms with Gasteiger partial charge in [0.25, 0.3) is 0 Å². The van der Waals surface area contributed by atoms with E-state index in [1.54, 1.807) is 6.07 Å². The largest absolute Gasteiger partial charge is 0.493 e. The zero-order valence-electron chi connectivity index (χ0n) is 10.4. The lowest BCUT2D eigenvalue weighted by Gasteiger charge is -2.06. The Labute approximate surface area is 121 Å². The molecule has 1 rings (SSSR count). The minimum absolute atomic E-state index is 0.0186. The zero-order valence-corrected chi connectivity index (χ0v) is 12.8. The van der Waals surface area contributed by atoms with Crippen LogP contribution in [0, 0.1) is 5.82 Å². The van der Waals surface area contributed by atoms with E-state index in [2.05, 4.69) is 15.9 Å². The van der Waals surface area contributed by atoms with Crippen molar-refractivity contribution in [2.24, 2.45) is 5.14 Å². The zero-order chi connectivity index (χ0) is 14.3. The van der Waals surface area contributed by atoms with Crippen molar-refractivity contribution in [1.29, 1.82) is 0 Å². The summed E-state index contributed by atoms with van der Waals surface area (Å²) in [6.07, 6.45) is 2.99. The third kappa shape index (κ3) is 8.18. The molecule has 0 amide bonds.